The van der Waals surface area contributed by atoms with Crippen molar-refractivity contribution in [1.29, 1.82) is 0 Å². The molecule has 4 heteroatoms. The van der Waals surface area contributed by atoms with Gasteiger partial charge in [0.05, 0.1) is 0 Å². The van der Waals surface area contributed by atoms with Gasteiger partial charge in [-0.2, -0.15) is 0 Å². The summed E-state index contributed by atoms with van der Waals surface area (Å²) in [6, 6.07) is 8.69. The molecule has 0 bridgehead atoms. The number of nitrogens with one attached hydrogen (secondary N) is 1. The van der Waals surface area contributed by atoms with Crippen molar-refractivity contribution in [2.45, 2.75) is 51.5 Å². The maximum absolute atomic E-state index is 12.2. The number of hydrogen-bond acceptors (Lipinski definition) is 2. The van der Waals surface area contributed by atoms with E-state index in [1.165, 1.54) is 11.1 Å². The van der Waals surface area contributed by atoms with Crippen LogP contribution >= 0.6 is 12.4 Å². The van der Waals surface area contributed by atoms with Crippen molar-refractivity contribution in [3.63, 3.8) is 0 Å². The number of benzene rings is 1. The molecule has 0 aliphatic heterocycles. The molecule has 0 saturated heterocycles. The van der Waals surface area contributed by atoms with Crippen LogP contribution < -0.4 is 11.1 Å². The van der Waals surface area contributed by atoms with E-state index in [-0.39, 0.29) is 35.7 Å². The quantitative estimate of drug-likeness (QED) is 0.898. The maximum Gasteiger partial charge on any atom is 0.223 e. The first kappa shape index (κ1) is 18.0. The molecule has 0 heterocycles. The highest BCUT2D eigenvalue weighted by Crippen LogP contribution is 2.26. The Labute approximate surface area is 134 Å². The Kier molecular flexibility index (Phi) is 6.24. The Bertz CT molecular complexity index is 487. The minimum atomic E-state index is -0.0532. The summed E-state index contributed by atoms with van der Waals surface area (Å²) in [6.07, 6.45) is 2.73. The predicted molar refractivity (Wildman–Crippen MR) is 89.8 cm³/mol. The number of halogens is 1. The van der Waals surface area contributed by atoms with Gasteiger partial charge in [0.15, 0.2) is 0 Å². The van der Waals surface area contributed by atoms with Gasteiger partial charge in [0.25, 0.3) is 0 Å². The fourth-order valence-corrected chi connectivity index (χ4v) is 2.88. The Morgan fingerprint density at radius 2 is 2.10 bits per heavy atom. The van der Waals surface area contributed by atoms with Gasteiger partial charge < -0.3 is 11.1 Å². The summed E-state index contributed by atoms with van der Waals surface area (Å²) in [7, 11) is 0. The van der Waals surface area contributed by atoms with Crippen LogP contribution in [0.3, 0.4) is 0 Å². The normalized spacial score (nSPS) is 21.7. The van der Waals surface area contributed by atoms with E-state index in [0.29, 0.717) is 6.54 Å². The zero-order chi connectivity index (χ0) is 14.8. The molecular weight excluding hydrogens is 284 g/mol. The molecule has 2 unspecified atom stereocenters. The van der Waals surface area contributed by atoms with Gasteiger partial charge in [0.1, 0.15) is 0 Å². The summed E-state index contributed by atoms with van der Waals surface area (Å²) in [5, 5.41) is 3.11. The van der Waals surface area contributed by atoms with Gasteiger partial charge in [-0.3, -0.25) is 4.79 Å². The summed E-state index contributed by atoms with van der Waals surface area (Å²) in [5.74, 6) is 0.275. The number of carbonyl (C=O) groups is 1. The maximum atomic E-state index is 12.2. The topological polar surface area (TPSA) is 55.1 Å². The van der Waals surface area contributed by atoms with Crippen LogP contribution in [0.4, 0.5) is 0 Å². The molecule has 21 heavy (non-hydrogen) atoms. The summed E-state index contributed by atoms with van der Waals surface area (Å²) in [6.45, 7) is 7.10. The van der Waals surface area contributed by atoms with Crippen LogP contribution in [0.5, 0.6) is 0 Å². The van der Waals surface area contributed by atoms with Crippen LogP contribution in [-0.4, -0.2) is 18.5 Å². The Hall–Kier alpha value is -1.06. The van der Waals surface area contributed by atoms with Crippen molar-refractivity contribution < 1.29 is 4.79 Å². The number of carbonyl (C=O) groups excluding carboxylic acids is 1. The van der Waals surface area contributed by atoms with Gasteiger partial charge in [-0.25, -0.2) is 0 Å². The average molecular weight is 311 g/mol. The van der Waals surface area contributed by atoms with Crippen LogP contribution in [0.1, 0.15) is 44.2 Å². The van der Waals surface area contributed by atoms with Crippen LogP contribution in [0.25, 0.3) is 0 Å². The molecule has 118 valence electrons. The minimum Gasteiger partial charge on any atom is -0.355 e. The lowest BCUT2D eigenvalue weighted by molar-refractivity contribution is -0.125. The third-order valence-electron chi connectivity index (χ3n) is 4.35. The third-order valence-corrected chi connectivity index (χ3v) is 4.35. The monoisotopic (exact) mass is 310 g/mol. The van der Waals surface area contributed by atoms with Crippen LogP contribution in [0.15, 0.2) is 24.3 Å². The molecule has 3 nitrogen and oxygen atoms in total. The predicted octanol–water partition coefficient (Wildman–Crippen LogP) is 2.94. The molecular formula is C17H27ClN2O. The van der Waals surface area contributed by atoms with E-state index in [2.05, 4.69) is 50.4 Å². The van der Waals surface area contributed by atoms with Crippen molar-refractivity contribution in [2.24, 2.45) is 11.7 Å². The first-order valence-corrected chi connectivity index (χ1v) is 7.49. The van der Waals surface area contributed by atoms with E-state index in [0.717, 1.165) is 19.3 Å². The molecule has 1 aromatic carbocycles. The van der Waals surface area contributed by atoms with Crippen molar-refractivity contribution in [3.05, 3.63) is 35.4 Å². The van der Waals surface area contributed by atoms with Crippen molar-refractivity contribution in [2.75, 3.05) is 6.54 Å². The third kappa shape index (κ3) is 4.72. The molecule has 3 N–H and O–H groups in total. The largest absolute Gasteiger partial charge is 0.355 e. The molecule has 1 amide bonds. The van der Waals surface area contributed by atoms with E-state index in [1.54, 1.807) is 0 Å². The lowest BCUT2D eigenvalue weighted by Gasteiger charge is -2.27. The highest BCUT2D eigenvalue weighted by Gasteiger charge is 2.29. The lowest BCUT2D eigenvalue weighted by Crippen LogP contribution is -2.39. The van der Waals surface area contributed by atoms with Gasteiger partial charge in [0, 0.05) is 23.9 Å². The highest BCUT2D eigenvalue weighted by molar-refractivity contribution is 5.85. The Morgan fingerprint density at radius 3 is 2.67 bits per heavy atom. The molecule has 1 aromatic rings. The first-order chi connectivity index (χ1) is 9.38. The van der Waals surface area contributed by atoms with Gasteiger partial charge >= 0.3 is 0 Å². The number of aryl methyl sites for hydroxylation is 1. The molecule has 0 radical (unpaired) electrons. The summed E-state index contributed by atoms with van der Waals surface area (Å²) in [5.41, 5.74) is 8.34. The number of amides is 1. The molecule has 1 aliphatic carbocycles. The number of rotatable bonds is 4. The minimum absolute atomic E-state index is 0. The van der Waals surface area contributed by atoms with Gasteiger partial charge in [-0.1, -0.05) is 43.7 Å². The zero-order valence-corrected chi connectivity index (χ0v) is 14.0. The van der Waals surface area contributed by atoms with E-state index in [9.17, 15) is 4.79 Å². The van der Waals surface area contributed by atoms with E-state index >= 15 is 0 Å². The average Bonchev–Trinajstić information content (AvgIpc) is 2.83. The van der Waals surface area contributed by atoms with E-state index in [4.69, 9.17) is 5.73 Å². The fraction of sp³-hybridized carbons (Fsp3) is 0.588. The number of nitrogens with two attached hydrogens (primary N) is 1. The molecule has 2 atom stereocenters. The second-order valence-electron chi connectivity index (χ2n) is 6.74. The lowest BCUT2D eigenvalue weighted by atomic mass is 9.83. The summed E-state index contributed by atoms with van der Waals surface area (Å²) in [4.78, 5) is 12.2. The van der Waals surface area contributed by atoms with Gasteiger partial charge in [-0.15, -0.1) is 12.4 Å². The first-order valence-electron chi connectivity index (χ1n) is 7.49. The van der Waals surface area contributed by atoms with E-state index in [1.807, 2.05) is 0 Å². The molecule has 1 aliphatic rings. The Morgan fingerprint density at radius 1 is 1.38 bits per heavy atom. The van der Waals surface area contributed by atoms with E-state index < -0.39 is 0 Å². The molecule has 1 fully saturated rings. The van der Waals surface area contributed by atoms with Gasteiger partial charge in [0.2, 0.25) is 5.91 Å². The highest BCUT2D eigenvalue weighted by atomic mass is 35.5. The second-order valence-corrected chi connectivity index (χ2v) is 6.74. The molecule has 1 saturated carbocycles. The van der Waals surface area contributed by atoms with Crippen molar-refractivity contribution in [1.82, 2.24) is 5.32 Å². The fourth-order valence-electron chi connectivity index (χ4n) is 2.88. The Balaban J connectivity index is 0.00000220. The van der Waals surface area contributed by atoms with Crippen molar-refractivity contribution in [3.8, 4) is 0 Å². The zero-order valence-electron chi connectivity index (χ0n) is 13.2. The van der Waals surface area contributed by atoms with Crippen molar-refractivity contribution >= 4 is 18.3 Å². The molecule has 2 rings (SSSR count). The molecule has 0 aromatic heterocycles. The summed E-state index contributed by atoms with van der Waals surface area (Å²) >= 11 is 0. The van der Waals surface area contributed by atoms with Crippen LogP contribution in [-0.2, 0) is 10.2 Å². The SMILES string of the molecule is Cc1cccc(C(C)(C)CNC(=O)C2CCC(N)C2)c1.Cl. The standard InChI is InChI=1S/C17H26N2O.ClH/c1-12-5-4-6-14(9-12)17(2,3)11-19-16(20)13-7-8-15(18)10-13;/h4-6,9,13,15H,7-8,10-11,18H2,1-3H3,(H,19,20);1H. The van der Waals surface area contributed by atoms with Crippen LogP contribution in [0.2, 0.25) is 0 Å². The van der Waals surface area contributed by atoms with Gasteiger partial charge in [-0.05, 0) is 31.7 Å². The number of hydrogen-bond donors (Lipinski definition) is 2. The smallest absolute Gasteiger partial charge is 0.223 e. The summed E-state index contributed by atoms with van der Waals surface area (Å²) < 4.78 is 0. The van der Waals surface area contributed by atoms with Crippen LogP contribution in [0, 0.1) is 12.8 Å². The molecule has 0 spiro atoms. The second kappa shape index (κ2) is 7.28.